The minimum absolute atomic E-state index is 0. The molecule has 0 bridgehead atoms. The number of rotatable bonds is 0. The third-order valence-electron chi connectivity index (χ3n) is 0.333. The van der Waals surface area contributed by atoms with E-state index in [1.165, 1.54) is 6.20 Å². The van der Waals surface area contributed by atoms with Gasteiger partial charge in [-0.3, -0.25) is 0 Å². The summed E-state index contributed by atoms with van der Waals surface area (Å²) in [7, 11) is 0. The van der Waals surface area contributed by atoms with Crippen molar-refractivity contribution in [1.82, 2.24) is 0 Å². The van der Waals surface area contributed by atoms with Crippen molar-refractivity contribution in [2.45, 2.75) is 0 Å². The Hall–Kier alpha value is -0.198. The third kappa shape index (κ3) is 0.887. The summed E-state index contributed by atoms with van der Waals surface area (Å²) in [5.74, 6) is 0.0185. The van der Waals surface area contributed by atoms with Gasteiger partial charge in [-0.2, -0.15) is 0 Å². The Morgan fingerprint density at radius 2 is 2.00 bits per heavy atom. The molecule has 0 atom stereocenters. The van der Waals surface area contributed by atoms with Gasteiger partial charge < -0.3 is 5.11 Å². The summed E-state index contributed by atoms with van der Waals surface area (Å²) in [5, 5.41) is 14.4. The third-order valence-corrected chi connectivity index (χ3v) is 0.333. The van der Waals surface area contributed by atoms with Gasteiger partial charge in [-0.15, -0.1) is 10.2 Å². The summed E-state index contributed by atoms with van der Waals surface area (Å²) in [6.07, 6.45) is 1.28. The second kappa shape index (κ2) is 2.06. The number of hydrogen-bond acceptors (Lipinski definition) is 3. The summed E-state index contributed by atoms with van der Waals surface area (Å²) in [4.78, 5) is 0. The van der Waals surface area contributed by atoms with Crippen LogP contribution in [0.5, 0.6) is 0 Å². The van der Waals surface area contributed by atoms with Crippen LogP contribution in [0.15, 0.2) is 22.3 Å². The van der Waals surface area contributed by atoms with Crippen LogP contribution < -0.4 is 0 Å². The average molecular weight is 176 g/mol. The Morgan fingerprint density at radius 1 is 1.67 bits per heavy atom. The molecule has 0 aromatic heterocycles. The van der Waals surface area contributed by atoms with Crippen molar-refractivity contribution in [3.63, 3.8) is 0 Å². The zero-order chi connectivity index (χ0) is 3.70. The van der Waals surface area contributed by atoms with E-state index in [-0.39, 0.29) is 26.3 Å². The first kappa shape index (κ1) is 5.80. The van der Waals surface area contributed by atoms with Crippen molar-refractivity contribution in [3.05, 3.63) is 12.1 Å². The molecule has 0 amide bonds. The van der Waals surface area contributed by atoms with Crippen LogP contribution in [0.2, 0.25) is 0 Å². The molecule has 0 fully saturated rings. The van der Waals surface area contributed by atoms with Crippen LogP contribution >= 0.6 is 0 Å². The van der Waals surface area contributed by atoms with Crippen molar-refractivity contribution < 1.29 is 25.5 Å². The summed E-state index contributed by atoms with van der Waals surface area (Å²) in [5.41, 5.74) is 0. The minimum atomic E-state index is 0. The Bertz CT molecular complexity index is 97.7. The molecular formula is C2H2N2OPd. The molecular weight excluding hydrogens is 174 g/mol. The molecule has 1 heterocycles. The number of azo groups is 1. The van der Waals surface area contributed by atoms with Crippen LogP contribution in [0.4, 0.5) is 0 Å². The minimum Gasteiger partial charge on any atom is -0.491 e. The van der Waals surface area contributed by atoms with Crippen molar-refractivity contribution in [2.75, 3.05) is 0 Å². The molecule has 0 saturated heterocycles. The van der Waals surface area contributed by atoms with Gasteiger partial charge in [-0.05, 0) is 0 Å². The normalized spacial score (nSPS) is 14.3. The Kier molecular flexibility index (Phi) is 1.99. The van der Waals surface area contributed by atoms with Gasteiger partial charge in [0.2, 0.25) is 0 Å². The molecule has 0 spiro atoms. The van der Waals surface area contributed by atoms with Crippen LogP contribution in [0.3, 0.4) is 0 Å². The van der Waals surface area contributed by atoms with E-state index >= 15 is 0 Å². The smallest absolute Gasteiger partial charge is 0.251 e. The predicted molar refractivity (Wildman–Crippen MR) is 15.6 cm³/mol. The Balaban J connectivity index is 0.000000250. The molecule has 1 rings (SSSR count). The van der Waals surface area contributed by atoms with Crippen molar-refractivity contribution in [1.29, 1.82) is 0 Å². The summed E-state index contributed by atoms with van der Waals surface area (Å²) >= 11 is 0. The summed E-state index contributed by atoms with van der Waals surface area (Å²) in [6.45, 7) is 0. The SMILES string of the molecule is OC1=CN=N1.[Pd]. The first-order valence-corrected chi connectivity index (χ1v) is 1.19. The zero-order valence-electron chi connectivity index (χ0n) is 2.74. The van der Waals surface area contributed by atoms with E-state index in [1.54, 1.807) is 0 Å². The molecule has 0 radical (unpaired) electrons. The Labute approximate surface area is 48.4 Å². The number of nitrogens with zero attached hydrogens (tertiary/aromatic N) is 2. The van der Waals surface area contributed by atoms with Crippen LogP contribution in [0, 0.1) is 0 Å². The van der Waals surface area contributed by atoms with Crippen LogP contribution in [-0.4, -0.2) is 5.11 Å². The second-order valence-corrected chi connectivity index (χ2v) is 0.703. The molecule has 0 aromatic rings. The fourth-order valence-electron chi connectivity index (χ4n) is 0.109. The molecule has 36 valence electrons. The fourth-order valence-corrected chi connectivity index (χ4v) is 0.109. The maximum absolute atomic E-state index is 8.05. The topological polar surface area (TPSA) is 45.0 Å². The standard InChI is InChI=1S/C2H2N2O.Pd/c5-2-1-3-4-2;/h1H,(H,4,5);. The molecule has 0 saturated carbocycles. The van der Waals surface area contributed by atoms with E-state index in [4.69, 9.17) is 5.11 Å². The molecule has 1 aliphatic rings. The van der Waals surface area contributed by atoms with Crippen molar-refractivity contribution in [3.8, 4) is 0 Å². The number of aliphatic hydroxyl groups excluding tert-OH is 1. The van der Waals surface area contributed by atoms with Gasteiger partial charge in [0, 0.05) is 20.4 Å². The zero-order valence-corrected chi connectivity index (χ0v) is 4.29. The number of hydrogen-bond donors (Lipinski definition) is 1. The molecule has 4 heteroatoms. The fraction of sp³-hybridized carbons (Fsp3) is 0. The quantitative estimate of drug-likeness (QED) is 0.546. The molecule has 1 N–H and O–H groups in total. The van der Waals surface area contributed by atoms with Gasteiger partial charge >= 0.3 is 0 Å². The van der Waals surface area contributed by atoms with Gasteiger partial charge in [-0.1, -0.05) is 0 Å². The van der Waals surface area contributed by atoms with Gasteiger partial charge in [-0.25, -0.2) is 0 Å². The van der Waals surface area contributed by atoms with E-state index in [1.807, 2.05) is 0 Å². The van der Waals surface area contributed by atoms with Crippen LogP contribution in [-0.2, 0) is 20.4 Å². The van der Waals surface area contributed by atoms with Crippen molar-refractivity contribution in [2.24, 2.45) is 10.2 Å². The van der Waals surface area contributed by atoms with E-state index in [0.29, 0.717) is 0 Å². The Morgan fingerprint density at radius 3 is 2.00 bits per heavy atom. The van der Waals surface area contributed by atoms with E-state index in [9.17, 15) is 0 Å². The van der Waals surface area contributed by atoms with E-state index < -0.39 is 0 Å². The number of aliphatic hydroxyl groups is 1. The first-order chi connectivity index (χ1) is 2.39. The van der Waals surface area contributed by atoms with Crippen LogP contribution in [0.25, 0.3) is 0 Å². The molecule has 6 heavy (non-hydrogen) atoms. The average Bonchev–Trinajstić information content (AvgIpc) is 1.30. The van der Waals surface area contributed by atoms with Gasteiger partial charge in [0.05, 0.1) is 0 Å². The summed E-state index contributed by atoms with van der Waals surface area (Å²) < 4.78 is 0. The van der Waals surface area contributed by atoms with Crippen molar-refractivity contribution >= 4 is 0 Å². The largest absolute Gasteiger partial charge is 0.491 e. The van der Waals surface area contributed by atoms with E-state index in [2.05, 4.69) is 10.2 Å². The molecule has 0 aromatic carbocycles. The van der Waals surface area contributed by atoms with E-state index in [0.717, 1.165) is 0 Å². The molecule has 3 nitrogen and oxygen atoms in total. The van der Waals surface area contributed by atoms with Gasteiger partial charge in [0.25, 0.3) is 5.88 Å². The van der Waals surface area contributed by atoms with Crippen LogP contribution in [0.1, 0.15) is 0 Å². The maximum Gasteiger partial charge on any atom is 0.251 e. The van der Waals surface area contributed by atoms with Gasteiger partial charge in [0.15, 0.2) is 0 Å². The summed E-state index contributed by atoms with van der Waals surface area (Å²) in [6, 6.07) is 0. The second-order valence-electron chi connectivity index (χ2n) is 0.703. The predicted octanol–water partition coefficient (Wildman–Crippen LogP) is 0.807. The molecule has 1 aliphatic heterocycles. The maximum atomic E-state index is 8.05. The van der Waals surface area contributed by atoms with Gasteiger partial charge in [0.1, 0.15) is 6.20 Å². The monoisotopic (exact) mass is 176 g/mol. The molecule has 0 aliphatic carbocycles. The molecule has 0 unspecified atom stereocenters. The first-order valence-electron chi connectivity index (χ1n) is 1.19.